The second-order valence-corrected chi connectivity index (χ2v) is 5.80. The summed E-state index contributed by atoms with van der Waals surface area (Å²) in [4.78, 5) is 0. The smallest absolute Gasteiger partial charge is 0.203 e. The van der Waals surface area contributed by atoms with Gasteiger partial charge in [-0.25, -0.2) is 0 Å². The first kappa shape index (κ1) is 18.1. The van der Waals surface area contributed by atoms with Gasteiger partial charge in [0.25, 0.3) is 0 Å². The predicted octanol–water partition coefficient (Wildman–Crippen LogP) is 3.82. The van der Waals surface area contributed by atoms with Gasteiger partial charge < -0.3 is 19.5 Å². The Bertz CT molecular complexity index is 628. The first-order chi connectivity index (χ1) is 11.7. The van der Waals surface area contributed by atoms with Crippen LogP contribution in [0, 0.1) is 0 Å². The minimum absolute atomic E-state index is 0.406. The maximum atomic E-state index is 5.53. The van der Waals surface area contributed by atoms with E-state index in [2.05, 4.69) is 42.6 Å². The zero-order valence-corrected chi connectivity index (χ0v) is 15.0. The molecule has 1 N–H and O–H groups in total. The van der Waals surface area contributed by atoms with E-state index < -0.39 is 0 Å². The van der Waals surface area contributed by atoms with Crippen molar-refractivity contribution in [2.24, 2.45) is 0 Å². The topological polar surface area (TPSA) is 39.7 Å². The van der Waals surface area contributed by atoms with E-state index in [-0.39, 0.29) is 0 Å². The summed E-state index contributed by atoms with van der Waals surface area (Å²) in [6.45, 7) is 2.93. The fourth-order valence-electron chi connectivity index (χ4n) is 2.72. The molecule has 0 amide bonds. The van der Waals surface area contributed by atoms with Crippen LogP contribution in [0.5, 0.6) is 17.2 Å². The van der Waals surface area contributed by atoms with E-state index in [0.29, 0.717) is 17.5 Å². The number of ether oxygens (including phenoxy) is 3. The van der Waals surface area contributed by atoms with E-state index in [4.69, 9.17) is 14.2 Å². The average Bonchev–Trinajstić information content (AvgIpc) is 2.64. The Kier molecular flexibility index (Phi) is 6.94. The molecular formula is C20H27NO3. The lowest BCUT2D eigenvalue weighted by atomic mass is 10.1. The van der Waals surface area contributed by atoms with Crippen molar-refractivity contribution in [2.75, 3.05) is 21.3 Å². The van der Waals surface area contributed by atoms with Crippen LogP contribution in [0.2, 0.25) is 0 Å². The van der Waals surface area contributed by atoms with Crippen molar-refractivity contribution in [3.05, 3.63) is 53.6 Å². The SMILES string of the molecule is COc1ccc(CN[C@H](C)CCc2ccccc2)c(OC)c1OC. The number of benzene rings is 2. The van der Waals surface area contributed by atoms with Gasteiger partial charge in [0.15, 0.2) is 11.5 Å². The summed E-state index contributed by atoms with van der Waals surface area (Å²) < 4.78 is 16.3. The summed E-state index contributed by atoms with van der Waals surface area (Å²) in [5.74, 6) is 2.03. The van der Waals surface area contributed by atoms with E-state index in [9.17, 15) is 0 Å². The number of rotatable bonds is 9. The number of methoxy groups -OCH3 is 3. The van der Waals surface area contributed by atoms with Crippen LogP contribution in [-0.4, -0.2) is 27.4 Å². The zero-order chi connectivity index (χ0) is 17.4. The second kappa shape index (κ2) is 9.18. The molecule has 0 fully saturated rings. The minimum atomic E-state index is 0.406. The van der Waals surface area contributed by atoms with Crippen molar-refractivity contribution < 1.29 is 14.2 Å². The summed E-state index contributed by atoms with van der Waals surface area (Å²) in [5.41, 5.74) is 2.43. The minimum Gasteiger partial charge on any atom is -0.493 e. The van der Waals surface area contributed by atoms with Gasteiger partial charge in [0.05, 0.1) is 21.3 Å². The molecule has 0 saturated carbocycles. The molecule has 0 aliphatic rings. The molecule has 0 radical (unpaired) electrons. The summed E-state index contributed by atoms with van der Waals surface area (Å²) in [7, 11) is 4.90. The Morgan fingerprint density at radius 2 is 1.58 bits per heavy atom. The highest BCUT2D eigenvalue weighted by Gasteiger charge is 2.16. The van der Waals surface area contributed by atoms with Crippen LogP contribution in [0.1, 0.15) is 24.5 Å². The van der Waals surface area contributed by atoms with Gasteiger partial charge in [-0.1, -0.05) is 36.4 Å². The monoisotopic (exact) mass is 329 g/mol. The lowest BCUT2D eigenvalue weighted by molar-refractivity contribution is 0.321. The molecule has 24 heavy (non-hydrogen) atoms. The highest BCUT2D eigenvalue weighted by Crippen LogP contribution is 2.39. The number of hydrogen-bond donors (Lipinski definition) is 1. The Morgan fingerprint density at radius 1 is 0.875 bits per heavy atom. The molecule has 4 heteroatoms. The lowest BCUT2D eigenvalue weighted by Crippen LogP contribution is -2.26. The molecule has 0 bridgehead atoms. The second-order valence-electron chi connectivity index (χ2n) is 5.80. The van der Waals surface area contributed by atoms with Gasteiger partial charge in [0, 0.05) is 18.2 Å². The van der Waals surface area contributed by atoms with Crippen LogP contribution in [0.15, 0.2) is 42.5 Å². The molecular weight excluding hydrogens is 302 g/mol. The Morgan fingerprint density at radius 3 is 2.21 bits per heavy atom. The van der Waals surface area contributed by atoms with Crippen molar-refractivity contribution in [3.63, 3.8) is 0 Å². The maximum Gasteiger partial charge on any atom is 0.203 e. The Hall–Kier alpha value is -2.20. The third-order valence-electron chi connectivity index (χ3n) is 4.14. The van der Waals surface area contributed by atoms with Crippen molar-refractivity contribution in [2.45, 2.75) is 32.4 Å². The van der Waals surface area contributed by atoms with Crippen LogP contribution in [0.4, 0.5) is 0 Å². The average molecular weight is 329 g/mol. The molecule has 0 saturated heterocycles. The van der Waals surface area contributed by atoms with Crippen molar-refractivity contribution in [3.8, 4) is 17.2 Å². The van der Waals surface area contributed by atoms with E-state index in [1.165, 1.54) is 5.56 Å². The third kappa shape index (κ3) is 4.65. The molecule has 130 valence electrons. The number of aryl methyl sites for hydroxylation is 1. The quantitative estimate of drug-likeness (QED) is 0.759. The summed E-state index contributed by atoms with van der Waals surface area (Å²) in [5, 5.41) is 3.56. The molecule has 4 nitrogen and oxygen atoms in total. The standard InChI is InChI=1S/C20H27NO3/c1-15(10-11-16-8-6-5-7-9-16)21-14-17-12-13-18(22-2)20(24-4)19(17)23-3/h5-9,12-13,15,21H,10-11,14H2,1-4H3/t15-/m1/s1. The molecule has 0 aliphatic carbocycles. The van der Waals surface area contributed by atoms with Gasteiger partial charge in [0.2, 0.25) is 5.75 Å². The normalized spacial score (nSPS) is 11.8. The van der Waals surface area contributed by atoms with Crippen molar-refractivity contribution in [1.82, 2.24) is 5.32 Å². The van der Waals surface area contributed by atoms with Crippen molar-refractivity contribution in [1.29, 1.82) is 0 Å². The van der Waals surface area contributed by atoms with E-state index in [1.807, 2.05) is 12.1 Å². The van der Waals surface area contributed by atoms with E-state index in [0.717, 1.165) is 30.7 Å². The summed E-state index contributed by atoms with van der Waals surface area (Å²) in [6, 6.07) is 14.9. The molecule has 0 aromatic heterocycles. The van der Waals surface area contributed by atoms with Crippen LogP contribution in [0.25, 0.3) is 0 Å². The van der Waals surface area contributed by atoms with E-state index >= 15 is 0 Å². The fraction of sp³-hybridized carbons (Fsp3) is 0.400. The largest absolute Gasteiger partial charge is 0.493 e. The number of hydrogen-bond acceptors (Lipinski definition) is 4. The fourth-order valence-corrected chi connectivity index (χ4v) is 2.72. The van der Waals surface area contributed by atoms with Crippen LogP contribution < -0.4 is 19.5 Å². The molecule has 0 unspecified atom stereocenters. The van der Waals surface area contributed by atoms with Crippen LogP contribution >= 0.6 is 0 Å². The molecule has 0 spiro atoms. The first-order valence-electron chi connectivity index (χ1n) is 8.24. The Labute approximate surface area is 144 Å². The molecule has 1 atom stereocenters. The summed E-state index contributed by atoms with van der Waals surface area (Å²) in [6.07, 6.45) is 2.15. The van der Waals surface area contributed by atoms with Gasteiger partial charge >= 0.3 is 0 Å². The van der Waals surface area contributed by atoms with Gasteiger partial charge in [0.1, 0.15) is 0 Å². The molecule has 2 aromatic rings. The highest BCUT2D eigenvalue weighted by atomic mass is 16.5. The van der Waals surface area contributed by atoms with Gasteiger partial charge in [-0.05, 0) is 31.4 Å². The number of nitrogens with one attached hydrogen (secondary N) is 1. The highest BCUT2D eigenvalue weighted by molar-refractivity contribution is 5.55. The van der Waals surface area contributed by atoms with Crippen LogP contribution in [-0.2, 0) is 13.0 Å². The zero-order valence-electron chi connectivity index (χ0n) is 15.0. The summed E-state index contributed by atoms with van der Waals surface area (Å²) >= 11 is 0. The van der Waals surface area contributed by atoms with Gasteiger partial charge in [-0.3, -0.25) is 0 Å². The Balaban J connectivity index is 1.95. The third-order valence-corrected chi connectivity index (χ3v) is 4.14. The van der Waals surface area contributed by atoms with Crippen molar-refractivity contribution >= 4 is 0 Å². The predicted molar refractivity (Wildman–Crippen MR) is 97.2 cm³/mol. The maximum absolute atomic E-state index is 5.53. The lowest BCUT2D eigenvalue weighted by Gasteiger charge is -2.18. The molecule has 0 heterocycles. The van der Waals surface area contributed by atoms with E-state index in [1.54, 1.807) is 21.3 Å². The molecule has 2 rings (SSSR count). The molecule has 2 aromatic carbocycles. The molecule has 0 aliphatic heterocycles. The van der Waals surface area contributed by atoms with Gasteiger partial charge in [-0.15, -0.1) is 0 Å². The van der Waals surface area contributed by atoms with Gasteiger partial charge in [-0.2, -0.15) is 0 Å². The van der Waals surface area contributed by atoms with Crippen LogP contribution in [0.3, 0.4) is 0 Å². The first-order valence-corrected chi connectivity index (χ1v) is 8.24.